The smallest absolute Gasteiger partial charge is 0.0949 e. The molecule has 0 spiro atoms. The van der Waals surface area contributed by atoms with Crippen molar-refractivity contribution >= 4 is 0 Å². The fourth-order valence-corrected chi connectivity index (χ4v) is 3.09. The Hall–Kier alpha value is -0.910. The van der Waals surface area contributed by atoms with E-state index in [0.29, 0.717) is 6.04 Å². The predicted octanol–water partition coefficient (Wildman–Crippen LogP) is -0.280. The van der Waals surface area contributed by atoms with E-state index in [-0.39, 0.29) is 18.7 Å². The van der Waals surface area contributed by atoms with Gasteiger partial charge in [0.05, 0.1) is 30.4 Å². The minimum atomic E-state index is 0.143. The van der Waals surface area contributed by atoms with Crippen molar-refractivity contribution in [3.05, 3.63) is 17.7 Å². The van der Waals surface area contributed by atoms with Crippen molar-refractivity contribution in [2.75, 3.05) is 13.2 Å². The average molecular weight is 236 g/mol. The second-order valence-electron chi connectivity index (χ2n) is 5.12. The van der Waals surface area contributed by atoms with Crippen LogP contribution in [0.3, 0.4) is 0 Å². The minimum absolute atomic E-state index is 0.143. The van der Waals surface area contributed by atoms with Gasteiger partial charge in [-0.2, -0.15) is 0 Å². The van der Waals surface area contributed by atoms with Crippen molar-refractivity contribution < 1.29 is 5.11 Å². The molecule has 0 aliphatic carbocycles. The Morgan fingerprint density at radius 2 is 2.47 bits per heavy atom. The summed E-state index contributed by atoms with van der Waals surface area (Å²) < 4.78 is 2.11. The Morgan fingerprint density at radius 1 is 1.59 bits per heavy atom. The normalized spacial score (nSPS) is 32.7. The molecule has 0 saturated carbocycles. The number of nitrogens with one attached hydrogen (secondary N) is 2. The second-order valence-corrected chi connectivity index (χ2v) is 5.12. The van der Waals surface area contributed by atoms with Gasteiger partial charge < -0.3 is 20.3 Å². The Kier molecular flexibility index (Phi) is 2.90. The molecule has 3 atom stereocenters. The van der Waals surface area contributed by atoms with Crippen LogP contribution >= 0.6 is 0 Å². The maximum absolute atomic E-state index is 9.37. The zero-order valence-electron chi connectivity index (χ0n) is 10.2. The molecule has 0 bridgehead atoms. The number of aliphatic hydroxyl groups excluding tert-OH is 1. The lowest BCUT2D eigenvalue weighted by atomic mass is 9.93. The SMILES string of the molecule is Cn1cnc2c1C(C1CCCN1)NC(CO)C2. The highest BCUT2D eigenvalue weighted by Crippen LogP contribution is 2.29. The van der Waals surface area contributed by atoms with Crippen LogP contribution in [0.15, 0.2) is 6.33 Å². The summed E-state index contributed by atoms with van der Waals surface area (Å²) in [7, 11) is 2.05. The molecule has 3 unspecified atom stereocenters. The summed E-state index contributed by atoms with van der Waals surface area (Å²) in [6, 6.07) is 0.897. The van der Waals surface area contributed by atoms with Crippen LogP contribution in [-0.2, 0) is 13.5 Å². The molecule has 0 aromatic carbocycles. The van der Waals surface area contributed by atoms with Gasteiger partial charge in [-0.15, -0.1) is 0 Å². The fraction of sp³-hybridized carbons (Fsp3) is 0.750. The van der Waals surface area contributed by atoms with Crippen LogP contribution in [0, 0.1) is 0 Å². The summed E-state index contributed by atoms with van der Waals surface area (Å²) in [4.78, 5) is 4.46. The van der Waals surface area contributed by atoms with E-state index >= 15 is 0 Å². The van der Waals surface area contributed by atoms with Gasteiger partial charge in [0.1, 0.15) is 0 Å². The Balaban J connectivity index is 1.93. The van der Waals surface area contributed by atoms with E-state index in [0.717, 1.165) is 18.7 Å². The number of aryl methyl sites for hydroxylation is 1. The molecule has 5 nitrogen and oxygen atoms in total. The molecule has 1 saturated heterocycles. The molecule has 2 aliphatic heterocycles. The molecule has 5 heteroatoms. The van der Waals surface area contributed by atoms with Crippen LogP contribution < -0.4 is 10.6 Å². The molecular formula is C12H20N4O. The molecule has 1 fully saturated rings. The molecule has 3 heterocycles. The first-order valence-electron chi connectivity index (χ1n) is 6.40. The highest BCUT2D eigenvalue weighted by Gasteiger charge is 2.35. The topological polar surface area (TPSA) is 62.1 Å². The summed E-state index contributed by atoms with van der Waals surface area (Å²) in [6.45, 7) is 1.28. The average Bonchev–Trinajstić information content (AvgIpc) is 2.98. The molecule has 0 radical (unpaired) electrons. The van der Waals surface area contributed by atoms with Gasteiger partial charge in [0, 0.05) is 25.6 Å². The van der Waals surface area contributed by atoms with E-state index in [1.807, 2.05) is 6.33 Å². The van der Waals surface area contributed by atoms with Gasteiger partial charge in [0.2, 0.25) is 0 Å². The first kappa shape index (κ1) is 11.2. The fourth-order valence-electron chi connectivity index (χ4n) is 3.09. The maximum Gasteiger partial charge on any atom is 0.0949 e. The van der Waals surface area contributed by atoms with E-state index in [1.54, 1.807) is 0 Å². The van der Waals surface area contributed by atoms with Crippen molar-refractivity contribution in [2.24, 2.45) is 7.05 Å². The van der Waals surface area contributed by atoms with Crippen LogP contribution in [-0.4, -0.2) is 39.9 Å². The third-order valence-corrected chi connectivity index (χ3v) is 3.93. The Morgan fingerprint density at radius 3 is 3.18 bits per heavy atom. The molecule has 2 aliphatic rings. The summed E-state index contributed by atoms with van der Waals surface area (Å²) in [5.74, 6) is 0. The van der Waals surface area contributed by atoms with Crippen LogP contribution in [0.25, 0.3) is 0 Å². The van der Waals surface area contributed by atoms with Crippen molar-refractivity contribution in [1.82, 2.24) is 20.2 Å². The zero-order valence-corrected chi connectivity index (χ0v) is 10.2. The van der Waals surface area contributed by atoms with Gasteiger partial charge in [0.25, 0.3) is 0 Å². The molecule has 1 aromatic rings. The summed E-state index contributed by atoms with van der Waals surface area (Å²) in [6.07, 6.45) is 5.14. The lowest BCUT2D eigenvalue weighted by Crippen LogP contribution is -2.49. The van der Waals surface area contributed by atoms with Crippen LogP contribution in [0.2, 0.25) is 0 Å². The van der Waals surface area contributed by atoms with E-state index in [2.05, 4.69) is 27.2 Å². The van der Waals surface area contributed by atoms with Gasteiger partial charge in [-0.05, 0) is 19.4 Å². The van der Waals surface area contributed by atoms with E-state index in [4.69, 9.17) is 0 Å². The third kappa shape index (κ3) is 1.88. The van der Waals surface area contributed by atoms with E-state index < -0.39 is 0 Å². The summed E-state index contributed by atoms with van der Waals surface area (Å²) >= 11 is 0. The zero-order chi connectivity index (χ0) is 11.8. The first-order valence-corrected chi connectivity index (χ1v) is 6.40. The molecule has 94 valence electrons. The van der Waals surface area contributed by atoms with Crippen molar-refractivity contribution in [3.63, 3.8) is 0 Å². The van der Waals surface area contributed by atoms with Gasteiger partial charge >= 0.3 is 0 Å². The van der Waals surface area contributed by atoms with Crippen molar-refractivity contribution in [1.29, 1.82) is 0 Å². The van der Waals surface area contributed by atoms with E-state index in [9.17, 15) is 5.11 Å². The van der Waals surface area contributed by atoms with Gasteiger partial charge in [-0.25, -0.2) is 4.98 Å². The van der Waals surface area contributed by atoms with Gasteiger partial charge in [-0.1, -0.05) is 0 Å². The molecule has 17 heavy (non-hydrogen) atoms. The van der Waals surface area contributed by atoms with Gasteiger partial charge in [-0.3, -0.25) is 0 Å². The highest BCUT2D eigenvalue weighted by atomic mass is 16.3. The third-order valence-electron chi connectivity index (χ3n) is 3.93. The number of rotatable bonds is 2. The number of hydrogen-bond donors (Lipinski definition) is 3. The molecule has 3 N–H and O–H groups in total. The maximum atomic E-state index is 9.37. The quantitative estimate of drug-likeness (QED) is 0.661. The standard InChI is InChI=1S/C12H20N4O/c1-16-7-14-10-5-8(6-17)15-11(12(10)16)9-3-2-4-13-9/h7-9,11,13,15,17H,2-6H2,1H3. The van der Waals surface area contributed by atoms with Crippen LogP contribution in [0.4, 0.5) is 0 Å². The van der Waals surface area contributed by atoms with Crippen molar-refractivity contribution in [2.45, 2.75) is 37.4 Å². The Labute approximate surface area is 101 Å². The number of hydrogen-bond acceptors (Lipinski definition) is 4. The number of aromatic nitrogens is 2. The summed E-state index contributed by atoms with van der Waals surface area (Å²) in [5, 5.41) is 16.5. The Bertz CT molecular complexity index is 397. The molecule has 0 amide bonds. The lowest BCUT2D eigenvalue weighted by Gasteiger charge is -2.34. The van der Waals surface area contributed by atoms with Gasteiger partial charge in [0.15, 0.2) is 0 Å². The van der Waals surface area contributed by atoms with Crippen LogP contribution in [0.1, 0.15) is 30.3 Å². The lowest BCUT2D eigenvalue weighted by molar-refractivity contribution is 0.209. The molecule has 3 rings (SSSR count). The number of aliphatic hydroxyl groups is 1. The largest absolute Gasteiger partial charge is 0.395 e. The molecular weight excluding hydrogens is 216 g/mol. The monoisotopic (exact) mass is 236 g/mol. The van der Waals surface area contributed by atoms with E-state index in [1.165, 1.54) is 18.5 Å². The minimum Gasteiger partial charge on any atom is -0.395 e. The number of nitrogens with zero attached hydrogens (tertiary/aromatic N) is 2. The van der Waals surface area contributed by atoms with Crippen LogP contribution in [0.5, 0.6) is 0 Å². The number of imidazole rings is 1. The number of fused-ring (bicyclic) bond motifs is 1. The van der Waals surface area contributed by atoms with Crippen molar-refractivity contribution in [3.8, 4) is 0 Å². The predicted molar refractivity (Wildman–Crippen MR) is 64.7 cm³/mol. The molecule has 1 aromatic heterocycles. The summed E-state index contributed by atoms with van der Waals surface area (Å²) in [5.41, 5.74) is 2.43. The first-order chi connectivity index (χ1) is 8.29. The second kappa shape index (κ2) is 4.40. The highest BCUT2D eigenvalue weighted by molar-refractivity contribution is 5.24.